The average Bonchev–Trinajstić information content (AvgIpc) is 2.82. The van der Waals surface area contributed by atoms with E-state index in [2.05, 4.69) is 24.1 Å². The molecule has 82 valence electrons. The van der Waals surface area contributed by atoms with Crippen LogP contribution in [0.5, 0.6) is 0 Å². The summed E-state index contributed by atoms with van der Waals surface area (Å²) in [6.45, 7) is 0.132. The third-order valence-electron chi connectivity index (χ3n) is 3.40. The second-order valence-corrected chi connectivity index (χ2v) is 4.37. The topological polar surface area (TPSA) is 23.5 Å². The van der Waals surface area contributed by atoms with Gasteiger partial charge >= 0.3 is 0 Å². The number of rotatable bonds is 3. The molecule has 0 bridgehead atoms. The fourth-order valence-corrected chi connectivity index (χ4v) is 2.34. The Labute approximate surface area is 91.5 Å². The first-order valence-electron chi connectivity index (χ1n) is 5.74. The summed E-state index contributed by atoms with van der Waals surface area (Å²) in [5.74, 6) is 0. The Balaban J connectivity index is 2.07. The van der Waals surface area contributed by atoms with E-state index in [0.717, 1.165) is 5.56 Å². The van der Waals surface area contributed by atoms with Gasteiger partial charge in [0.1, 0.15) is 0 Å². The first-order valence-corrected chi connectivity index (χ1v) is 5.74. The Morgan fingerprint density at radius 1 is 1.20 bits per heavy atom. The van der Waals surface area contributed by atoms with Crippen LogP contribution in [0.1, 0.15) is 31.2 Å². The van der Waals surface area contributed by atoms with Crippen LogP contribution in [0.2, 0.25) is 0 Å². The quantitative estimate of drug-likeness (QED) is 0.819. The second-order valence-electron chi connectivity index (χ2n) is 4.37. The Morgan fingerprint density at radius 2 is 1.80 bits per heavy atom. The molecule has 1 aliphatic carbocycles. The third kappa shape index (κ3) is 2.32. The van der Waals surface area contributed by atoms with Gasteiger partial charge in [0.15, 0.2) is 0 Å². The van der Waals surface area contributed by atoms with Crippen LogP contribution in [-0.2, 0) is 6.61 Å². The zero-order chi connectivity index (χ0) is 10.7. The van der Waals surface area contributed by atoms with Gasteiger partial charge in [-0.3, -0.25) is 0 Å². The van der Waals surface area contributed by atoms with Gasteiger partial charge in [0.2, 0.25) is 0 Å². The molecule has 0 atom stereocenters. The summed E-state index contributed by atoms with van der Waals surface area (Å²) in [7, 11) is 2.17. The van der Waals surface area contributed by atoms with Gasteiger partial charge in [-0.25, -0.2) is 0 Å². The first kappa shape index (κ1) is 10.5. The van der Waals surface area contributed by atoms with Crippen molar-refractivity contribution in [1.82, 2.24) is 0 Å². The lowest BCUT2D eigenvalue weighted by Gasteiger charge is -2.26. The van der Waals surface area contributed by atoms with Crippen LogP contribution >= 0.6 is 0 Å². The highest BCUT2D eigenvalue weighted by atomic mass is 16.3. The molecular weight excluding hydrogens is 186 g/mol. The Bertz CT molecular complexity index is 301. The summed E-state index contributed by atoms with van der Waals surface area (Å²) in [5, 5.41) is 8.97. The van der Waals surface area contributed by atoms with Crippen molar-refractivity contribution in [3.05, 3.63) is 29.8 Å². The molecule has 0 amide bonds. The zero-order valence-electron chi connectivity index (χ0n) is 9.32. The van der Waals surface area contributed by atoms with Crippen molar-refractivity contribution in [2.45, 2.75) is 38.3 Å². The summed E-state index contributed by atoms with van der Waals surface area (Å²) < 4.78 is 0. The third-order valence-corrected chi connectivity index (χ3v) is 3.40. The summed E-state index contributed by atoms with van der Waals surface area (Å²) in [5.41, 5.74) is 2.25. The predicted molar refractivity (Wildman–Crippen MR) is 63.0 cm³/mol. The van der Waals surface area contributed by atoms with Crippen LogP contribution in [0.25, 0.3) is 0 Å². The molecule has 0 aliphatic heterocycles. The molecule has 0 heterocycles. The lowest BCUT2D eigenvalue weighted by Crippen LogP contribution is -2.28. The number of aliphatic hydroxyl groups is 1. The maximum atomic E-state index is 8.97. The molecule has 0 saturated heterocycles. The molecule has 2 rings (SSSR count). The molecule has 15 heavy (non-hydrogen) atoms. The van der Waals surface area contributed by atoms with Crippen LogP contribution in [0.15, 0.2) is 24.3 Å². The van der Waals surface area contributed by atoms with Crippen molar-refractivity contribution >= 4 is 5.69 Å². The molecule has 1 aromatic carbocycles. The molecule has 2 heteroatoms. The van der Waals surface area contributed by atoms with Crippen LogP contribution in [0.3, 0.4) is 0 Å². The van der Waals surface area contributed by atoms with Crippen LogP contribution in [0, 0.1) is 0 Å². The molecule has 0 aromatic heterocycles. The van der Waals surface area contributed by atoms with Gasteiger partial charge in [0.05, 0.1) is 6.61 Å². The number of benzene rings is 1. The van der Waals surface area contributed by atoms with E-state index in [0.29, 0.717) is 6.04 Å². The van der Waals surface area contributed by atoms with E-state index in [-0.39, 0.29) is 6.61 Å². The van der Waals surface area contributed by atoms with Gasteiger partial charge in [0, 0.05) is 18.8 Å². The van der Waals surface area contributed by atoms with Crippen molar-refractivity contribution in [1.29, 1.82) is 0 Å². The lowest BCUT2D eigenvalue weighted by molar-refractivity contribution is 0.282. The van der Waals surface area contributed by atoms with Crippen molar-refractivity contribution in [2.75, 3.05) is 11.9 Å². The lowest BCUT2D eigenvalue weighted by atomic mass is 10.1. The van der Waals surface area contributed by atoms with Gasteiger partial charge in [0.25, 0.3) is 0 Å². The summed E-state index contributed by atoms with van der Waals surface area (Å²) >= 11 is 0. The number of hydrogen-bond acceptors (Lipinski definition) is 2. The zero-order valence-corrected chi connectivity index (χ0v) is 9.32. The maximum Gasteiger partial charge on any atom is 0.0681 e. The number of nitrogens with zero attached hydrogens (tertiary/aromatic N) is 1. The molecule has 1 aromatic rings. The van der Waals surface area contributed by atoms with Gasteiger partial charge in [-0.2, -0.15) is 0 Å². The molecule has 1 saturated carbocycles. The summed E-state index contributed by atoms with van der Waals surface area (Å²) in [6, 6.07) is 8.92. The predicted octanol–water partition coefficient (Wildman–Crippen LogP) is 2.56. The SMILES string of the molecule is CN(c1ccc(CO)cc1)C1CCCC1. The van der Waals surface area contributed by atoms with E-state index in [1.165, 1.54) is 31.4 Å². The molecule has 2 nitrogen and oxygen atoms in total. The molecule has 0 unspecified atom stereocenters. The smallest absolute Gasteiger partial charge is 0.0681 e. The highest BCUT2D eigenvalue weighted by molar-refractivity contribution is 5.47. The number of anilines is 1. The average molecular weight is 205 g/mol. The molecule has 0 spiro atoms. The van der Waals surface area contributed by atoms with Gasteiger partial charge in [-0.15, -0.1) is 0 Å². The highest BCUT2D eigenvalue weighted by Crippen LogP contribution is 2.26. The number of hydrogen-bond donors (Lipinski definition) is 1. The second kappa shape index (κ2) is 4.67. The molecule has 1 N–H and O–H groups in total. The van der Waals surface area contributed by atoms with E-state index in [4.69, 9.17) is 5.11 Å². The van der Waals surface area contributed by atoms with E-state index >= 15 is 0 Å². The maximum absolute atomic E-state index is 8.97. The van der Waals surface area contributed by atoms with Crippen molar-refractivity contribution in [3.8, 4) is 0 Å². The van der Waals surface area contributed by atoms with Crippen LogP contribution < -0.4 is 4.90 Å². The Kier molecular flexibility index (Phi) is 3.27. The van der Waals surface area contributed by atoms with E-state index in [1.807, 2.05) is 12.1 Å². The van der Waals surface area contributed by atoms with E-state index in [9.17, 15) is 0 Å². The normalized spacial score (nSPS) is 16.9. The summed E-state index contributed by atoms with van der Waals surface area (Å²) in [6.07, 6.45) is 5.37. The van der Waals surface area contributed by atoms with Gasteiger partial charge in [-0.05, 0) is 30.5 Å². The molecule has 0 radical (unpaired) electrons. The largest absolute Gasteiger partial charge is 0.392 e. The number of aliphatic hydroxyl groups excluding tert-OH is 1. The van der Waals surface area contributed by atoms with Gasteiger partial charge in [-0.1, -0.05) is 25.0 Å². The van der Waals surface area contributed by atoms with Crippen molar-refractivity contribution in [2.24, 2.45) is 0 Å². The molecular formula is C13H19NO. The first-order chi connectivity index (χ1) is 7.31. The highest BCUT2D eigenvalue weighted by Gasteiger charge is 2.19. The van der Waals surface area contributed by atoms with E-state index < -0.39 is 0 Å². The van der Waals surface area contributed by atoms with Crippen molar-refractivity contribution < 1.29 is 5.11 Å². The summed E-state index contributed by atoms with van der Waals surface area (Å²) in [4.78, 5) is 2.37. The van der Waals surface area contributed by atoms with Gasteiger partial charge < -0.3 is 10.0 Å². The fraction of sp³-hybridized carbons (Fsp3) is 0.538. The molecule has 1 aliphatic rings. The van der Waals surface area contributed by atoms with Crippen molar-refractivity contribution in [3.63, 3.8) is 0 Å². The Morgan fingerprint density at radius 3 is 2.33 bits per heavy atom. The van der Waals surface area contributed by atoms with Crippen LogP contribution in [-0.4, -0.2) is 18.2 Å². The molecule has 1 fully saturated rings. The minimum Gasteiger partial charge on any atom is -0.392 e. The minimum absolute atomic E-state index is 0.132. The standard InChI is InChI=1S/C13H19NO/c1-14(12-4-2-3-5-12)13-8-6-11(10-15)7-9-13/h6-9,12,15H,2-5,10H2,1H3. The fourth-order valence-electron chi connectivity index (χ4n) is 2.34. The monoisotopic (exact) mass is 205 g/mol. The van der Waals surface area contributed by atoms with Crippen LogP contribution in [0.4, 0.5) is 5.69 Å². The minimum atomic E-state index is 0.132. The van der Waals surface area contributed by atoms with E-state index in [1.54, 1.807) is 0 Å². The Hall–Kier alpha value is -1.02.